The highest BCUT2D eigenvalue weighted by Crippen LogP contribution is 2.36. The van der Waals surface area contributed by atoms with Crippen LogP contribution in [0.5, 0.6) is 23.0 Å². The smallest absolute Gasteiger partial charge is 0.271 e. The van der Waals surface area contributed by atoms with Crippen LogP contribution in [-0.2, 0) is 6.61 Å². The Morgan fingerprint density at radius 2 is 1.77 bits per heavy atom. The molecule has 0 saturated carbocycles. The summed E-state index contributed by atoms with van der Waals surface area (Å²) in [4.78, 5) is 12.5. The molecule has 0 heterocycles. The van der Waals surface area contributed by atoms with Crippen molar-refractivity contribution in [2.24, 2.45) is 5.10 Å². The van der Waals surface area contributed by atoms with Crippen LogP contribution >= 0.6 is 23.2 Å². The number of carbonyl (C=O) groups excluding carboxylic acids is 1. The van der Waals surface area contributed by atoms with Crippen LogP contribution in [0, 0.1) is 0 Å². The topological polar surface area (TPSA) is 78.4 Å². The average molecular weight is 517 g/mol. The van der Waals surface area contributed by atoms with Gasteiger partial charge in [0.15, 0.2) is 23.0 Å². The molecule has 0 aliphatic heterocycles. The normalized spacial score (nSPS) is 10.8. The van der Waals surface area contributed by atoms with Gasteiger partial charge in [-0.05, 0) is 60.0 Å². The number of hydrogen-bond donors (Lipinski definition) is 1. The zero-order valence-electron chi connectivity index (χ0n) is 19.6. The number of carbonyl (C=O) groups is 1. The van der Waals surface area contributed by atoms with Crippen LogP contribution in [0.25, 0.3) is 0 Å². The molecule has 1 amide bonds. The Kier molecular flexibility index (Phi) is 9.64. The minimum atomic E-state index is -0.402. The van der Waals surface area contributed by atoms with Crippen LogP contribution in [-0.4, -0.2) is 32.9 Å². The van der Waals surface area contributed by atoms with E-state index in [9.17, 15) is 4.79 Å². The SMILES string of the molecule is CCCOc1ccc(C(=O)N/N=C/c2cc(Cl)c(OCc3cccc(Cl)c3)c(OC)c2)cc1OC. The standard InChI is InChI=1S/C26H26Cl2N2O5/c1-4-10-34-22-9-8-19(14-23(22)32-2)26(31)30-29-15-18-12-21(28)25(24(13-18)33-3)35-16-17-6-5-7-20(27)11-17/h5-9,11-15H,4,10,16H2,1-3H3,(H,30,31)/b29-15+. The maximum absolute atomic E-state index is 12.5. The van der Waals surface area contributed by atoms with Gasteiger partial charge < -0.3 is 18.9 Å². The number of rotatable bonds is 11. The van der Waals surface area contributed by atoms with E-state index in [2.05, 4.69) is 10.5 Å². The zero-order valence-corrected chi connectivity index (χ0v) is 21.2. The lowest BCUT2D eigenvalue weighted by atomic mass is 10.2. The molecule has 0 aromatic heterocycles. The Hall–Kier alpha value is -3.42. The minimum absolute atomic E-state index is 0.270. The summed E-state index contributed by atoms with van der Waals surface area (Å²) in [5.74, 6) is 1.47. The first-order valence-electron chi connectivity index (χ1n) is 10.8. The highest BCUT2D eigenvalue weighted by molar-refractivity contribution is 6.32. The molecule has 3 aromatic rings. The van der Waals surface area contributed by atoms with Gasteiger partial charge in [-0.1, -0.05) is 42.3 Å². The Labute approximate surface area is 214 Å². The van der Waals surface area contributed by atoms with E-state index in [1.807, 2.05) is 25.1 Å². The predicted octanol–water partition coefficient (Wildman–Crippen LogP) is 6.14. The minimum Gasteiger partial charge on any atom is -0.493 e. The lowest BCUT2D eigenvalue weighted by Crippen LogP contribution is -2.17. The monoisotopic (exact) mass is 516 g/mol. The predicted molar refractivity (Wildman–Crippen MR) is 138 cm³/mol. The first kappa shape index (κ1) is 26.2. The van der Waals surface area contributed by atoms with Gasteiger partial charge >= 0.3 is 0 Å². The first-order valence-corrected chi connectivity index (χ1v) is 11.6. The maximum atomic E-state index is 12.5. The summed E-state index contributed by atoms with van der Waals surface area (Å²) < 4.78 is 22.2. The third kappa shape index (κ3) is 7.28. The molecule has 9 heteroatoms. The van der Waals surface area contributed by atoms with Crippen LogP contribution in [0.2, 0.25) is 10.0 Å². The largest absolute Gasteiger partial charge is 0.493 e. The lowest BCUT2D eigenvalue weighted by molar-refractivity contribution is 0.0954. The molecule has 3 aromatic carbocycles. The van der Waals surface area contributed by atoms with E-state index in [1.165, 1.54) is 20.4 Å². The summed E-state index contributed by atoms with van der Waals surface area (Å²) in [6, 6.07) is 15.7. The number of hydrogen-bond acceptors (Lipinski definition) is 6. The van der Waals surface area contributed by atoms with E-state index in [-0.39, 0.29) is 6.61 Å². The molecule has 35 heavy (non-hydrogen) atoms. The Morgan fingerprint density at radius 1 is 0.971 bits per heavy atom. The van der Waals surface area contributed by atoms with E-state index in [1.54, 1.807) is 36.4 Å². The summed E-state index contributed by atoms with van der Waals surface area (Å²) in [7, 11) is 3.04. The van der Waals surface area contributed by atoms with Gasteiger partial charge in [0.05, 0.1) is 32.1 Å². The Morgan fingerprint density at radius 3 is 2.49 bits per heavy atom. The molecule has 1 N–H and O–H groups in total. The molecular weight excluding hydrogens is 491 g/mol. The van der Waals surface area contributed by atoms with Crippen LogP contribution in [0.15, 0.2) is 59.7 Å². The van der Waals surface area contributed by atoms with Crippen LogP contribution < -0.4 is 24.4 Å². The van der Waals surface area contributed by atoms with Crippen LogP contribution in [0.3, 0.4) is 0 Å². The second-order valence-electron chi connectivity index (χ2n) is 7.37. The fraction of sp³-hybridized carbons (Fsp3) is 0.231. The quantitative estimate of drug-likeness (QED) is 0.244. The highest BCUT2D eigenvalue weighted by atomic mass is 35.5. The number of nitrogens with one attached hydrogen (secondary N) is 1. The van der Waals surface area contributed by atoms with Crippen molar-refractivity contribution >= 4 is 35.3 Å². The van der Waals surface area contributed by atoms with Gasteiger partial charge in [0.1, 0.15) is 6.61 Å². The van der Waals surface area contributed by atoms with E-state index >= 15 is 0 Å². The van der Waals surface area contributed by atoms with E-state index < -0.39 is 5.91 Å². The highest BCUT2D eigenvalue weighted by Gasteiger charge is 2.13. The van der Waals surface area contributed by atoms with Gasteiger partial charge in [0.25, 0.3) is 5.91 Å². The number of ether oxygens (including phenoxy) is 4. The molecule has 0 bridgehead atoms. The van der Waals surface area contributed by atoms with Crippen LogP contribution in [0.1, 0.15) is 34.8 Å². The average Bonchev–Trinajstić information content (AvgIpc) is 2.86. The van der Waals surface area contributed by atoms with Crippen molar-refractivity contribution in [3.8, 4) is 23.0 Å². The molecule has 0 fully saturated rings. The number of hydrazone groups is 1. The lowest BCUT2D eigenvalue weighted by Gasteiger charge is -2.13. The number of methoxy groups -OCH3 is 2. The van der Waals surface area contributed by atoms with E-state index in [4.69, 9.17) is 42.1 Å². The third-order valence-electron chi connectivity index (χ3n) is 4.79. The zero-order chi connectivity index (χ0) is 25.2. The van der Waals surface area contributed by atoms with Crippen molar-refractivity contribution in [1.29, 1.82) is 0 Å². The molecule has 0 atom stereocenters. The fourth-order valence-electron chi connectivity index (χ4n) is 3.11. The molecule has 0 radical (unpaired) electrons. The number of benzene rings is 3. The summed E-state index contributed by atoms with van der Waals surface area (Å²) in [6.45, 7) is 2.84. The van der Waals surface area contributed by atoms with Gasteiger partial charge in [-0.15, -0.1) is 0 Å². The van der Waals surface area contributed by atoms with Gasteiger partial charge in [-0.2, -0.15) is 5.10 Å². The fourth-order valence-corrected chi connectivity index (χ4v) is 3.59. The summed E-state index contributed by atoms with van der Waals surface area (Å²) in [5.41, 5.74) is 4.38. The van der Waals surface area contributed by atoms with Gasteiger partial charge in [0.2, 0.25) is 0 Å². The van der Waals surface area contributed by atoms with Crippen molar-refractivity contribution in [2.45, 2.75) is 20.0 Å². The Balaban J connectivity index is 1.67. The van der Waals surface area contributed by atoms with E-state index in [0.29, 0.717) is 50.8 Å². The molecule has 0 unspecified atom stereocenters. The molecule has 0 aliphatic rings. The second kappa shape index (κ2) is 12.9. The molecule has 7 nitrogen and oxygen atoms in total. The second-order valence-corrected chi connectivity index (χ2v) is 8.21. The van der Waals surface area contributed by atoms with Crippen molar-refractivity contribution in [1.82, 2.24) is 5.43 Å². The molecule has 0 spiro atoms. The van der Waals surface area contributed by atoms with Gasteiger partial charge in [-0.25, -0.2) is 5.43 Å². The van der Waals surface area contributed by atoms with E-state index in [0.717, 1.165) is 12.0 Å². The Bertz CT molecular complexity index is 1200. The van der Waals surface area contributed by atoms with Gasteiger partial charge in [-0.3, -0.25) is 4.79 Å². The third-order valence-corrected chi connectivity index (χ3v) is 5.31. The van der Waals surface area contributed by atoms with Crippen molar-refractivity contribution in [2.75, 3.05) is 20.8 Å². The van der Waals surface area contributed by atoms with Crippen LogP contribution in [0.4, 0.5) is 0 Å². The maximum Gasteiger partial charge on any atom is 0.271 e. The number of halogens is 2. The number of nitrogens with zero attached hydrogens (tertiary/aromatic N) is 1. The molecular formula is C26H26Cl2N2O5. The molecule has 184 valence electrons. The molecule has 3 rings (SSSR count). The first-order chi connectivity index (χ1) is 16.9. The van der Waals surface area contributed by atoms with Gasteiger partial charge in [0, 0.05) is 10.6 Å². The molecule has 0 aliphatic carbocycles. The summed E-state index contributed by atoms with van der Waals surface area (Å²) in [6.07, 6.45) is 2.33. The van der Waals surface area contributed by atoms with Crippen molar-refractivity contribution in [3.63, 3.8) is 0 Å². The molecule has 0 saturated heterocycles. The van der Waals surface area contributed by atoms with Crippen molar-refractivity contribution < 1.29 is 23.7 Å². The number of amides is 1. The van der Waals surface area contributed by atoms with Crippen molar-refractivity contribution in [3.05, 3.63) is 81.3 Å². The summed E-state index contributed by atoms with van der Waals surface area (Å²) >= 11 is 12.5. The summed E-state index contributed by atoms with van der Waals surface area (Å²) in [5, 5.41) is 4.99.